The van der Waals surface area contributed by atoms with Gasteiger partial charge in [-0.25, -0.2) is 9.97 Å². The minimum atomic E-state index is -0.146. The molecule has 0 fully saturated rings. The van der Waals surface area contributed by atoms with Crippen LogP contribution in [-0.4, -0.2) is 9.97 Å². The molecule has 58 heavy (non-hydrogen) atoms. The Bertz CT molecular complexity index is 3480. The van der Waals surface area contributed by atoms with Gasteiger partial charge in [-0.3, -0.25) is 0 Å². The van der Waals surface area contributed by atoms with E-state index in [9.17, 15) is 0 Å². The number of hydrogen-bond donors (Lipinski definition) is 0. The first kappa shape index (κ1) is 32.8. The summed E-state index contributed by atoms with van der Waals surface area (Å²) >= 11 is 0. The van der Waals surface area contributed by atoms with Gasteiger partial charge in [-0.15, -0.1) is 0 Å². The van der Waals surface area contributed by atoms with Crippen LogP contribution >= 0.6 is 0 Å². The molecule has 3 heteroatoms. The zero-order valence-electron chi connectivity index (χ0n) is 32.1. The summed E-state index contributed by atoms with van der Waals surface area (Å²) in [4.78, 5) is 10.5. The van der Waals surface area contributed by atoms with Gasteiger partial charge in [0, 0.05) is 38.3 Å². The Morgan fingerprint density at radius 3 is 1.90 bits per heavy atom. The molecule has 0 unspecified atom stereocenters. The third-order valence-electron chi connectivity index (χ3n) is 12.4. The fourth-order valence-electron chi connectivity index (χ4n) is 9.40. The Labute approximate surface area is 335 Å². The number of benzene rings is 9. The lowest BCUT2D eigenvalue weighted by Gasteiger charge is -2.22. The van der Waals surface area contributed by atoms with Gasteiger partial charge < -0.3 is 4.42 Å². The summed E-state index contributed by atoms with van der Waals surface area (Å²) in [6.07, 6.45) is 0. The van der Waals surface area contributed by atoms with E-state index in [1.807, 2.05) is 6.07 Å². The lowest BCUT2D eigenvalue weighted by Crippen LogP contribution is -2.14. The van der Waals surface area contributed by atoms with Crippen LogP contribution in [0.25, 0.3) is 110 Å². The van der Waals surface area contributed by atoms with Crippen LogP contribution < -0.4 is 0 Å². The molecule has 2 heterocycles. The second-order valence-electron chi connectivity index (χ2n) is 16.2. The first-order chi connectivity index (χ1) is 28.5. The molecule has 0 bridgehead atoms. The quantitative estimate of drug-likeness (QED) is 0.180. The van der Waals surface area contributed by atoms with Crippen LogP contribution in [0, 0.1) is 0 Å². The molecule has 12 rings (SSSR count). The molecular weight excluding hydrogens is 705 g/mol. The zero-order chi connectivity index (χ0) is 38.5. The molecule has 0 atom stereocenters. The van der Waals surface area contributed by atoms with Crippen LogP contribution in [0.1, 0.15) is 25.0 Å². The lowest BCUT2D eigenvalue weighted by atomic mass is 9.81. The van der Waals surface area contributed by atoms with Crippen LogP contribution in [0.2, 0.25) is 0 Å². The van der Waals surface area contributed by atoms with E-state index in [0.717, 1.165) is 66.4 Å². The van der Waals surface area contributed by atoms with Gasteiger partial charge in [0.15, 0.2) is 5.82 Å². The maximum absolute atomic E-state index is 6.41. The standard InChI is InChI=1S/C55H36N2O/c1-55(2)47-18-10-17-44(52(47)46-30-35-14-6-7-15-36(35)31-48(46)55)50-32-49(56-54(57-50)34-12-4-3-5-13-34)41-22-21-37-27-38(19-20-39(37)28-41)40-24-26-51-45(29-40)43-25-23-33-11-8-9-16-42(33)53(43)58-51/h3-32H,1-2H3. The number of fused-ring (bicyclic) bond motifs is 10. The van der Waals surface area contributed by atoms with Gasteiger partial charge in [0.25, 0.3) is 0 Å². The van der Waals surface area contributed by atoms with Gasteiger partial charge in [-0.05, 0) is 109 Å². The van der Waals surface area contributed by atoms with Gasteiger partial charge in [0.05, 0.1) is 11.4 Å². The normalized spacial score (nSPS) is 13.1. The summed E-state index contributed by atoms with van der Waals surface area (Å²) < 4.78 is 6.41. The van der Waals surface area contributed by atoms with Crippen molar-refractivity contribution in [3.8, 4) is 56.2 Å². The predicted molar refractivity (Wildman–Crippen MR) is 241 cm³/mol. The van der Waals surface area contributed by atoms with E-state index in [1.165, 1.54) is 49.4 Å². The van der Waals surface area contributed by atoms with E-state index >= 15 is 0 Å². The Kier molecular flexibility index (Phi) is 6.98. The van der Waals surface area contributed by atoms with Gasteiger partial charge in [-0.2, -0.15) is 0 Å². The Balaban J connectivity index is 0.974. The van der Waals surface area contributed by atoms with Crippen molar-refractivity contribution in [1.29, 1.82) is 0 Å². The van der Waals surface area contributed by atoms with Crippen molar-refractivity contribution in [2.45, 2.75) is 19.3 Å². The van der Waals surface area contributed by atoms with Crippen LogP contribution in [0.15, 0.2) is 186 Å². The first-order valence-electron chi connectivity index (χ1n) is 20.0. The summed E-state index contributed by atoms with van der Waals surface area (Å²) in [7, 11) is 0. The van der Waals surface area contributed by atoms with E-state index in [0.29, 0.717) is 5.82 Å². The van der Waals surface area contributed by atoms with Crippen molar-refractivity contribution >= 4 is 54.3 Å². The number of aromatic nitrogens is 2. The van der Waals surface area contributed by atoms with E-state index < -0.39 is 0 Å². The van der Waals surface area contributed by atoms with E-state index in [4.69, 9.17) is 14.4 Å². The molecule has 3 nitrogen and oxygen atoms in total. The average molecular weight is 741 g/mol. The van der Waals surface area contributed by atoms with Gasteiger partial charge >= 0.3 is 0 Å². The van der Waals surface area contributed by atoms with Crippen molar-refractivity contribution in [3.05, 3.63) is 193 Å². The molecular formula is C55H36N2O. The molecule has 1 aliphatic carbocycles. The highest BCUT2D eigenvalue weighted by Gasteiger charge is 2.37. The molecule has 0 radical (unpaired) electrons. The fourth-order valence-corrected chi connectivity index (χ4v) is 9.40. The summed E-state index contributed by atoms with van der Waals surface area (Å²) in [5.74, 6) is 0.715. The van der Waals surface area contributed by atoms with Crippen molar-refractivity contribution < 1.29 is 4.42 Å². The molecule has 0 spiro atoms. The van der Waals surface area contributed by atoms with Crippen molar-refractivity contribution in [3.63, 3.8) is 0 Å². The molecule has 1 aliphatic rings. The third-order valence-corrected chi connectivity index (χ3v) is 12.4. The molecule has 0 saturated heterocycles. The van der Waals surface area contributed by atoms with Crippen molar-refractivity contribution in [2.24, 2.45) is 0 Å². The molecule has 0 aliphatic heterocycles. The molecule has 2 aromatic heterocycles. The summed E-state index contributed by atoms with van der Waals surface area (Å²) in [5.41, 5.74) is 14.2. The summed E-state index contributed by atoms with van der Waals surface area (Å²) in [6.45, 7) is 4.69. The highest BCUT2D eigenvalue weighted by molar-refractivity contribution is 6.15. The Morgan fingerprint density at radius 1 is 0.397 bits per heavy atom. The molecule has 0 amide bonds. The third kappa shape index (κ3) is 5.00. The molecule has 0 N–H and O–H groups in total. The van der Waals surface area contributed by atoms with E-state index in [2.05, 4.69) is 190 Å². The highest BCUT2D eigenvalue weighted by Crippen LogP contribution is 2.53. The van der Waals surface area contributed by atoms with Crippen LogP contribution in [0.4, 0.5) is 0 Å². The van der Waals surface area contributed by atoms with Gasteiger partial charge in [0.2, 0.25) is 0 Å². The fraction of sp³-hybridized carbons (Fsp3) is 0.0545. The van der Waals surface area contributed by atoms with Crippen molar-refractivity contribution in [2.75, 3.05) is 0 Å². The number of hydrogen-bond acceptors (Lipinski definition) is 3. The predicted octanol–water partition coefficient (Wildman–Crippen LogP) is 14.8. The lowest BCUT2D eigenvalue weighted by molar-refractivity contribution is 0.661. The minimum absolute atomic E-state index is 0.146. The zero-order valence-corrected chi connectivity index (χ0v) is 32.1. The number of nitrogens with zero attached hydrogens (tertiary/aromatic N) is 2. The van der Waals surface area contributed by atoms with Crippen LogP contribution in [0.3, 0.4) is 0 Å². The first-order valence-corrected chi connectivity index (χ1v) is 20.0. The Hall–Kier alpha value is -7.36. The molecule has 11 aromatic rings. The van der Waals surface area contributed by atoms with E-state index in [-0.39, 0.29) is 5.41 Å². The maximum atomic E-state index is 6.41. The second-order valence-corrected chi connectivity index (χ2v) is 16.2. The summed E-state index contributed by atoms with van der Waals surface area (Å²) in [6, 6.07) is 65.4. The average Bonchev–Trinajstić information content (AvgIpc) is 3.76. The highest BCUT2D eigenvalue weighted by atomic mass is 16.3. The monoisotopic (exact) mass is 740 g/mol. The SMILES string of the molecule is CC1(C)c2cc3ccccc3cc2-c2c(-c3cc(-c4ccc5cc(-c6ccc7oc8c9ccccc9ccc8c7c6)ccc5c4)nc(-c4ccccc4)n3)cccc21. The second kappa shape index (κ2) is 12.3. The van der Waals surface area contributed by atoms with Crippen LogP contribution in [0.5, 0.6) is 0 Å². The van der Waals surface area contributed by atoms with E-state index in [1.54, 1.807) is 0 Å². The largest absolute Gasteiger partial charge is 0.455 e. The summed E-state index contributed by atoms with van der Waals surface area (Å²) in [5, 5.41) is 9.45. The smallest absolute Gasteiger partial charge is 0.160 e. The van der Waals surface area contributed by atoms with Crippen LogP contribution in [-0.2, 0) is 5.41 Å². The van der Waals surface area contributed by atoms with Gasteiger partial charge in [0.1, 0.15) is 11.2 Å². The van der Waals surface area contributed by atoms with Crippen molar-refractivity contribution in [1.82, 2.24) is 9.97 Å². The Morgan fingerprint density at radius 2 is 1.05 bits per heavy atom. The van der Waals surface area contributed by atoms with Gasteiger partial charge in [-0.1, -0.05) is 147 Å². The molecule has 9 aromatic carbocycles. The minimum Gasteiger partial charge on any atom is -0.455 e. The number of furan rings is 1. The molecule has 272 valence electrons. The maximum Gasteiger partial charge on any atom is 0.160 e. The number of rotatable bonds is 4. The topological polar surface area (TPSA) is 38.9 Å². The molecule has 0 saturated carbocycles.